The molecule has 0 saturated heterocycles. The van der Waals surface area contributed by atoms with E-state index in [0.29, 0.717) is 12.1 Å². The minimum absolute atomic E-state index is 0.316. The molecular weight excluding hydrogens is 276 g/mol. The zero-order chi connectivity index (χ0) is 16.1. The third-order valence-corrected chi connectivity index (χ3v) is 3.50. The van der Waals surface area contributed by atoms with E-state index in [2.05, 4.69) is 49.4 Å². The van der Waals surface area contributed by atoms with Crippen molar-refractivity contribution in [2.75, 3.05) is 19.4 Å². The molecule has 0 spiro atoms. The van der Waals surface area contributed by atoms with Gasteiger partial charge in [-0.25, -0.2) is 4.79 Å². The van der Waals surface area contributed by atoms with E-state index in [1.54, 1.807) is 18.2 Å². The predicted octanol–water partition coefficient (Wildman–Crippen LogP) is 3.37. The van der Waals surface area contributed by atoms with Crippen molar-refractivity contribution in [1.29, 1.82) is 0 Å². The van der Waals surface area contributed by atoms with Crippen LogP contribution < -0.4 is 5.32 Å². The van der Waals surface area contributed by atoms with Gasteiger partial charge in [0.2, 0.25) is 0 Å². The number of anilines is 1. The zero-order valence-electron chi connectivity index (χ0n) is 13.3. The second-order valence-corrected chi connectivity index (χ2v) is 5.74. The fourth-order valence-corrected chi connectivity index (χ4v) is 2.34. The van der Waals surface area contributed by atoms with Gasteiger partial charge in [0.25, 0.3) is 0 Å². The minimum atomic E-state index is -0.897. The van der Waals surface area contributed by atoms with Crippen LogP contribution in [0.25, 0.3) is 0 Å². The first-order valence-electron chi connectivity index (χ1n) is 7.26. The average Bonchev–Trinajstić information content (AvgIpc) is 2.47. The standard InChI is InChI=1S/C18H22N2O2/c1-13-9-17(8-7-16(13)12-20(2)3)19-11-14-5-4-6-15(10-14)18(21)22/h4-10,19H,11-12H2,1-3H3,(H,21,22). The highest BCUT2D eigenvalue weighted by Crippen LogP contribution is 2.17. The quantitative estimate of drug-likeness (QED) is 0.858. The van der Waals surface area contributed by atoms with Crippen LogP contribution in [0, 0.1) is 6.92 Å². The first-order chi connectivity index (χ1) is 10.5. The lowest BCUT2D eigenvalue weighted by Gasteiger charge is -2.14. The molecule has 0 aliphatic rings. The van der Waals surface area contributed by atoms with E-state index in [1.165, 1.54) is 11.1 Å². The molecule has 0 aliphatic heterocycles. The number of carboxylic acid groups (broad SMARTS) is 1. The largest absolute Gasteiger partial charge is 0.478 e. The Labute approximate surface area is 131 Å². The Balaban J connectivity index is 2.04. The van der Waals surface area contributed by atoms with Gasteiger partial charge in [-0.3, -0.25) is 0 Å². The number of rotatable bonds is 6. The van der Waals surface area contributed by atoms with Gasteiger partial charge in [0.1, 0.15) is 0 Å². The molecule has 0 amide bonds. The molecule has 2 aromatic rings. The second kappa shape index (κ2) is 7.09. The summed E-state index contributed by atoms with van der Waals surface area (Å²) >= 11 is 0. The van der Waals surface area contributed by atoms with Gasteiger partial charge in [-0.05, 0) is 62.0 Å². The topological polar surface area (TPSA) is 52.6 Å². The normalized spacial score (nSPS) is 10.7. The molecule has 0 bridgehead atoms. The van der Waals surface area contributed by atoms with Gasteiger partial charge in [-0.2, -0.15) is 0 Å². The van der Waals surface area contributed by atoms with Crippen molar-refractivity contribution in [3.8, 4) is 0 Å². The number of aromatic carboxylic acids is 1. The summed E-state index contributed by atoms with van der Waals surface area (Å²) in [5.41, 5.74) is 4.87. The maximum absolute atomic E-state index is 11.0. The third-order valence-electron chi connectivity index (χ3n) is 3.50. The maximum atomic E-state index is 11.0. The number of carboxylic acids is 1. The average molecular weight is 298 g/mol. The first-order valence-corrected chi connectivity index (χ1v) is 7.26. The van der Waals surface area contributed by atoms with Crippen LogP contribution in [-0.2, 0) is 13.1 Å². The molecule has 0 heterocycles. The Morgan fingerprint density at radius 2 is 1.95 bits per heavy atom. The van der Waals surface area contributed by atoms with Crippen molar-refractivity contribution in [1.82, 2.24) is 4.90 Å². The molecule has 116 valence electrons. The number of nitrogens with one attached hydrogen (secondary N) is 1. The molecule has 2 rings (SSSR count). The second-order valence-electron chi connectivity index (χ2n) is 5.74. The number of hydrogen-bond acceptors (Lipinski definition) is 3. The van der Waals surface area contributed by atoms with Gasteiger partial charge in [0.15, 0.2) is 0 Å². The summed E-state index contributed by atoms with van der Waals surface area (Å²) in [6, 6.07) is 13.3. The molecule has 0 unspecified atom stereocenters. The summed E-state index contributed by atoms with van der Waals surface area (Å²) in [5.74, 6) is -0.897. The summed E-state index contributed by atoms with van der Waals surface area (Å²) in [4.78, 5) is 13.1. The van der Waals surface area contributed by atoms with Crippen molar-refractivity contribution in [3.63, 3.8) is 0 Å². The molecule has 0 aromatic heterocycles. The Morgan fingerprint density at radius 3 is 2.59 bits per heavy atom. The Hall–Kier alpha value is -2.33. The van der Waals surface area contributed by atoms with Crippen LogP contribution in [0.5, 0.6) is 0 Å². The number of nitrogens with zero attached hydrogens (tertiary/aromatic N) is 1. The number of benzene rings is 2. The summed E-state index contributed by atoms with van der Waals surface area (Å²) in [6.07, 6.45) is 0. The van der Waals surface area contributed by atoms with Crippen LogP contribution >= 0.6 is 0 Å². The molecule has 22 heavy (non-hydrogen) atoms. The summed E-state index contributed by atoms with van der Waals surface area (Å²) in [5, 5.41) is 12.4. The van der Waals surface area contributed by atoms with Crippen molar-refractivity contribution in [3.05, 3.63) is 64.7 Å². The fourth-order valence-electron chi connectivity index (χ4n) is 2.34. The van der Waals surface area contributed by atoms with Crippen molar-refractivity contribution in [2.45, 2.75) is 20.0 Å². The summed E-state index contributed by atoms with van der Waals surface area (Å²) < 4.78 is 0. The Bertz CT molecular complexity index is 666. The zero-order valence-corrected chi connectivity index (χ0v) is 13.3. The summed E-state index contributed by atoms with van der Waals surface area (Å²) in [7, 11) is 4.11. The summed E-state index contributed by atoms with van der Waals surface area (Å²) in [6.45, 7) is 3.63. The van der Waals surface area contributed by atoms with Gasteiger partial charge in [-0.15, -0.1) is 0 Å². The van der Waals surface area contributed by atoms with Gasteiger partial charge in [-0.1, -0.05) is 18.2 Å². The lowest BCUT2D eigenvalue weighted by molar-refractivity contribution is 0.0697. The highest BCUT2D eigenvalue weighted by atomic mass is 16.4. The van der Waals surface area contributed by atoms with E-state index in [4.69, 9.17) is 5.11 Å². The highest BCUT2D eigenvalue weighted by Gasteiger charge is 2.04. The molecular formula is C18H22N2O2. The molecule has 0 atom stereocenters. The van der Waals surface area contributed by atoms with E-state index in [1.807, 2.05) is 6.07 Å². The van der Waals surface area contributed by atoms with Crippen LogP contribution in [0.1, 0.15) is 27.0 Å². The number of hydrogen-bond donors (Lipinski definition) is 2. The molecule has 4 nitrogen and oxygen atoms in total. The van der Waals surface area contributed by atoms with Gasteiger partial charge >= 0.3 is 5.97 Å². The lowest BCUT2D eigenvalue weighted by atomic mass is 10.1. The van der Waals surface area contributed by atoms with E-state index in [9.17, 15) is 4.79 Å². The monoisotopic (exact) mass is 298 g/mol. The van der Waals surface area contributed by atoms with E-state index in [-0.39, 0.29) is 0 Å². The van der Waals surface area contributed by atoms with Crippen LogP contribution in [-0.4, -0.2) is 30.1 Å². The van der Waals surface area contributed by atoms with Gasteiger partial charge in [0, 0.05) is 18.8 Å². The smallest absolute Gasteiger partial charge is 0.335 e. The third kappa shape index (κ3) is 4.33. The molecule has 2 N–H and O–H groups in total. The van der Waals surface area contributed by atoms with Crippen LogP contribution in [0.2, 0.25) is 0 Å². The van der Waals surface area contributed by atoms with Crippen molar-refractivity contribution in [2.24, 2.45) is 0 Å². The minimum Gasteiger partial charge on any atom is -0.478 e. The van der Waals surface area contributed by atoms with Crippen LogP contribution in [0.3, 0.4) is 0 Å². The van der Waals surface area contributed by atoms with Crippen molar-refractivity contribution >= 4 is 11.7 Å². The van der Waals surface area contributed by atoms with E-state index >= 15 is 0 Å². The molecule has 0 saturated carbocycles. The highest BCUT2D eigenvalue weighted by molar-refractivity contribution is 5.87. The lowest BCUT2D eigenvalue weighted by Crippen LogP contribution is -2.11. The molecule has 0 fully saturated rings. The number of aryl methyl sites for hydroxylation is 1. The molecule has 2 aromatic carbocycles. The Morgan fingerprint density at radius 1 is 1.18 bits per heavy atom. The van der Waals surface area contributed by atoms with Gasteiger partial charge in [0.05, 0.1) is 5.56 Å². The van der Waals surface area contributed by atoms with E-state index < -0.39 is 5.97 Å². The molecule has 0 aliphatic carbocycles. The van der Waals surface area contributed by atoms with Crippen LogP contribution in [0.15, 0.2) is 42.5 Å². The van der Waals surface area contributed by atoms with Crippen molar-refractivity contribution < 1.29 is 9.90 Å². The van der Waals surface area contributed by atoms with Crippen LogP contribution in [0.4, 0.5) is 5.69 Å². The Kier molecular flexibility index (Phi) is 5.17. The van der Waals surface area contributed by atoms with E-state index in [0.717, 1.165) is 17.8 Å². The maximum Gasteiger partial charge on any atom is 0.335 e. The molecule has 0 radical (unpaired) electrons. The first kappa shape index (κ1) is 16.0. The predicted molar refractivity (Wildman–Crippen MR) is 89.3 cm³/mol. The van der Waals surface area contributed by atoms with Gasteiger partial charge < -0.3 is 15.3 Å². The SMILES string of the molecule is Cc1cc(NCc2cccc(C(=O)O)c2)ccc1CN(C)C. The molecule has 4 heteroatoms. The number of carbonyl (C=O) groups is 1. The fraction of sp³-hybridized carbons (Fsp3) is 0.278.